The van der Waals surface area contributed by atoms with Gasteiger partial charge in [-0.1, -0.05) is 6.07 Å². The Labute approximate surface area is 121 Å². The lowest BCUT2D eigenvalue weighted by Gasteiger charge is -2.12. The first kappa shape index (κ1) is 14.3. The second kappa shape index (κ2) is 5.46. The summed E-state index contributed by atoms with van der Waals surface area (Å²) in [4.78, 5) is 11.2. The number of halogens is 3. The molecule has 2 aromatic carbocycles. The molecule has 104 valence electrons. The number of nitrogen functional groups attached to an aromatic ring is 1. The molecule has 4 nitrogen and oxygen atoms in total. The van der Waals surface area contributed by atoms with Gasteiger partial charge in [-0.05, 0) is 28.1 Å². The maximum Gasteiger partial charge on any atom is 0.255 e. The van der Waals surface area contributed by atoms with Crippen LogP contribution in [0.15, 0.2) is 34.8 Å². The van der Waals surface area contributed by atoms with Crippen LogP contribution >= 0.6 is 15.9 Å². The third-order valence-electron chi connectivity index (χ3n) is 2.49. The molecule has 0 aromatic heterocycles. The van der Waals surface area contributed by atoms with Crippen LogP contribution in [0, 0.1) is 11.6 Å². The van der Waals surface area contributed by atoms with Crippen molar-refractivity contribution in [2.45, 2.75) is 0 Å². The molecule has 7 heteroatoms. The Hall–Kier alpha value is -2.15. The zero-order valence-corrected chi connectivity index (χ0v) is 11.6. The first-order chi connectivity index (χ1) is 9.40. The normalized spacial score (nSPS) is 10.3. The summed E-state index contributed by atoms with van der Waals surface area (Å²) in [7, 11) is 0. The van der Waals surface area contributed by atoms with Crippen LogP contribution < -0.4 is 16.2 Å². The molecule has 4 N–H and O–H groups in total. The Morgan fingerprint density at radius 2 is 1.85 bits per heavy atom. The van der Waals surface area contributed by atoms with Gasteiger partial charge >= 0.3 is 0 Å². The van der Waals surface area contributed by atoms with E-state index in [2.05, 4.69) is 15.9 Å². The van der Waals surface area contributed by atoms with Crippen LogP contribution in [0.1, 0.15) is 10.4 Å². The number of hydrogen-bond acceptors (Lipinski definition) is 3. The number of ether oxygens (including phenoxy) is 1. The van der Waals surface area contributed by atoms with Gasteiger partial charge < -0.3 is 16.2 Å². The molecule has 0 aliphatic heterocycles. The van der Waals surface area contributed by atoms with Gasteiger partial charge in [-0.3, -0.25) is 4.79 Å². The average molecular weight is 343 g/mol. The van der Waals surface area contributed by atoms with Crippen LogP contribution in [0.2, 0.25) is 0 Å². The quantitative estimate of drug-likeness (QED) is 0.840. The van der Waals surface area contributed by atoms with Crippen molar-refractivity contribution in [3.05, 3.63) is 52.0 Å². The zero-order chi connectivity index (χ0) is 14.9. The van der Waals surface area contributed by atoms with Gasteiger partial charge in [0.25, 0.3) is 5.91 Å². The monoisotopic (exact) mass is 342 g/mol. The second-order valence-corrected chi connectivity index (χ2v) is 4.74. The lowest BCUT2D eigenvalue weighted by Crippen LogP contribution is -2.14. The molecule has 1 amide bonds. The number of anilines is 1. The molecule has 0 fully saturated rings. The number of nitrogens with two attached hydrogens (primary N) is 2. The first-order valence-electron chi connectivity index (χ1n) is 5.41. The van der Waals surface area contributed by atoms with E-state index in [-0.39, 0.29) is 21.7 Å². The second-order valence-electron chi connectivity index (χ2n) is 3.88. The van der Waals surface area contributed by atoms with Crippen LogP contribution in [0.25, 0.3) is 0 Å². The third kappa shape index (κ3) is 2.72. The number of primary amides is 1. The predicted octanol–water partition coefficient (Wildman–Crippen LogP) is 3.20. The number of carbonyl (C=O) groups is 1. The average Bonchev–Trinajstić information content (AvgIpc) is 2.35. The van der Waals surface area contributed by atoms with E-state index in [1.165, 1.54) is 18.2 Å². The molecule has 2 rings (SSSR count). The first-order valence-corrected chi connectivity index (χ1v) is 6.20. The molecule has 0 bridgehead atoms. The fraction of sp³-hybridized carbons (Fsp3) is 0. The molecule has 20 heavy (non-hydrogen) atoms. The fourth-order valence-electron chi connectivity index (χ4n) is 1.58. The van der Waals surface area contributed by atoms with Gasteiger partial charge in [0.05, 0.1) is 10.2 Å². The standard InChI is InChI=1S/C13H9BrF2N2O2/c14-6-4-11(9(17)5-8(6)16)20-10-3-1-2-7(15)12(10)13(18)19/h1-5H,17H2,(H2,18,19). The van der Waals surface area contributed by atoms with E-state index in [4.69, 9.17) is 16.2 Å². The molecule has 0 aliphatic rings. The maximum absolute atomic E-state index is 13.6. The molecule has 0 saturated carbocycles. The number of hydrogen-bond donors (Lipinski definition) is 2. The summed E-state index contributed by atoms with van der Waals surface area (Å²) in [5.41, 5.74) is 10.3. The highest BCUT2D eigenvalue weighted by molar-refractivity contribution is 9.10. The summed E-state index contributed by atoms with van der Waals surface area (Å²) in [5, 5.41) is 0. The topological polar surface area (TPSA) is 78.3 Å². The van der Waals surface area contributed by atoms with Crippen LogP contribution in [-0.4, -0.2) is 5.91 Å². The molecular weight excluding hydrogens is 334 g/mol. The molecule has 0 aliphatic carbocycles. The van der Waals surface area contributed by atoms with Crippen molar-refractivity contribution < 1.29 is 18.3 Å². The Kier molecular flexibility index (Phi) is 3.89. The van der Waals surface area contributed by atoms with Gasteiger partial charge in [0.15, 0.2) is 5.75 Å². The van der Waals surface area contributed by atoms with Crippen molar-refractivity contribution in [2.24, 2.45) is 5.73 Å². The van der Waals surface area contributed by atoms with Gasteiger partial charge in [0.1, 0.15) is 22.9 Å². The lowest BCUT2D eigenvalue weighted by molar-refractivity contribution is 0.0994. The minimum atomic E-state index is -0.974. The van der Waals surface area contributed by atoms with E-state index < -0.39 is 23.1 Å². The van der Waals surface area contributed by atoms with Crippen LogP contribution in [0.5, 0.6) is 11.5 Å². The highest BCUT2D eigenvalue weighted by atomic mass is 79.9. The molecule has 0 unspecified atom stereocenters. The summed E-state index contributed by atoms with van der Waals surface area (Å²) >= 11 is 2.98. The van der Waals surface area contributed by atoms with E-state index in [0.717, 1.165) is 12.1 Å². The van der Waals surface area contributed by atoms with Crippen LogP contribution in [0.4, 0.5) is 14.5 Å². The Morgan fingerprint density at radius 3 is 2.50 bits per heavy atom. The van der Waals surface area contributed by atoms with Gasteiger partial charge in [-0.2, -0.15) is 0 Å². The van der Waals surface area contributed by atoms with Gasteiger partial charge in [0, 0.05) is 12.1 Å². The Balaban J connectivity index is 2.48. The maximum atomic E-state index is 13.6. The third-order valence-corrected chi connectivity index (χ3v) is 3.10. The summed E-state index contributed by atoms with van der Waals surface area (Å²) < 4.78 is 32.3. The highest BCUT2D eigenvalue weighted by Gasteiger charge is 2.17. The number of amides is 1. The van der Waals surface area contributed by atoms with Crippen molar-refractivity contribution in [1.29, 1.82) is 0 Å². The fourth-order valence-corrected chi connectivity index (χ4v) is 1.90. The minimum Gasteiger partial charge on any atom is -0.454 e. The Morgan fingerprint density at radius 1 is 1.15 bits per heavy atom. The smallest absolute Gasteiger partial charge is 0.255 e. The molecule has 0 saturated heterocycles. The molecule has 0 spiro atoms. The molecule has 0 radical (unpaired) electrons. The van der Waals surface area contributed by atoms with Gasteiger partial charge in [0.2, 0.25) is 0 Å². The minimum absolute atomic E-state index is 0.00498. The zero-order valence-electron chi connectivity index (χ0n) is 9.99. The van der Waals surface area contributed by atoms with Gasteiger partial charge in [-0.15, -0.1) is 0 Å². The SMILES string of the molecule is NC(=O)c1c(F)cccc1Oc1cc(Br)c(F)cc1N. The van der Waals surface area contributed by atoms with Crippen molar-refractivity contribution in [2.75, 3.05) is 5.73 Å². The van der Waals surface area contributed by atoms with Crippen molar-refractivity contribution in [3.63, 3.8) is 0 Å². The number of carbonyl (C=O) groups excluding carboxylic acids is 1. The van der Waals surface area contributed by atoms with E-state index in [0.29, 0.717) is 0 Å². The van der Waals surface area contributed by atoms with Crippen molar-refractivity contribution in [3.8, 4) is 11.5 Å². The van der Waals surface area contributed by atoms with Crippen molar-refractivity contribution >= 4 is 27.5 Å². The number of rotatable bonds is 3. The summed E-state index contributed by atoms with van der Waals surface area (Å²) in [6.45, 7) is 0. The van der Waals surface area contributed by atoms with E-state index in [9.17, 15) is 13.6 Å². The Bertz CT molecular complexity index is 692. The summed E-state index contributed by atoms with van der Waals surface area (Å²) in [5.74, 6) is -2.37. The number of benzene rings is 2. The predicted molar refractivity (Wildman–Crippen MR) is 73.5 cm³/mol. The summed E-state index contributed by atoms with van der Waals surface area (Å²) in [6, 6.07) is 6.12. The molecular formula is C13H9BrF2N2O2. The van der Waals surface area contributed by atoms with E-state index >= 15 is 0 Å². The lowest BCUT2D eigenvalue weighted by atomic mass is 10.1. The highest BCUT2D eigenvalue weighted by Crippen LogP contribution is 2.34. The van der Waals surface area contributed by atoms with Crippen LogP contribution in [0.3, 0.4) is 0 Å². The van der Waals surface area contributed by atoms with Crippen LogP contribution in [-0.2, 0) is 0 Å². The van der Waals surface area contributed by atoms with E-state index in [1.54, 1.807) is 0 Å². The molecule has 0 atom stereocenters. The summed E-state index contributed by atoms with van der Waals surface area (Å²) in [6.07, 6.45) is 0. The molecule has 2 aromatic rings. The van der Waals surface area contributed by atoms with E-state index in [1.807, 2.05) is 0 Å². The largest absolute Gasteiger partial charge is 0.454 e. The molecule has 0 heterocycles. The van der Waals surface area contributed by atoms with Crippen molar-refractivity contribution in [1.82, 2.24) is 0 Å². The van der Waals surface area contributed by atoms with Gasteiger partial charge in [-0.25, -0.2) is 8.78 Å².